The average molecular weight is 327 g/mol. The molecular weight excluding hydrogens is 310 g/mol. The first-order chi connectivity index (χ1) is 11.6. The Morgan fingerprint density at radius 1 is 1.21 bits per heavy atom. The number of para-hydroxylation sites is 1. The summed E-state index contributed by atoms with van der Waals surface area (Å²) in [7, 11) is 1.58. The van der Waals surface area contributed by atoms with Gasteiger partial charge in [-0.3, -0.25) is 14.9 Å². The molecule has 0 bridgehead atoms. The number of nitrogens with zero attached hydrogens (tertiary/aromatic N) is 2. The van der Waals surface area contributed by atoms with Crippen LogP contribution in [0, 0.1) is 10.1 Å². The number of nitro benzene ring substituents is 1. The molecule has 124 valence electrons. The molecule has 0 aliphatic carbocycles. The van der Waals surface area contributed by atoms with Crippen LogP contribution >= 0.6 is 0 Å². The fourth-order valence-corrected chi connectivity index (χ4v) is 2.13. The highest BCUT2D eigenvalue weighted by Crippen LogP contribution is 2.17. The number of benzene rings is 2. The molecule has 0 aliphatic heterocycles. The zero-order valence-electron chi connectivity index (χ0n) is 13.4. The van der Waals surface area contributed by atoms with Crippen molar-refractivity contribution < 1.29 is 14.5 Å². The Labute approximate surface area is 139 Å². The van der Waals surface area contributed by atoms with Crippen LogP contribution in [0.3, 0.4) is 0 Å². The van der Waals surface area contributed by atoms with Gasteiger partial charge in [-0.2, -0.15) is 5.10 Å². The van der Waals surface area contributed by atoms with Gasteiger partial charge in [0.25, 0.3) is 11.6 Å². The lowest BCUT2D eigenvalue weighted by Gasteiger charge is -2.07. The number of hydrazone groups is 1. The van der Waals surface area contributed by atoms with Gasteiger partial charge in [-0.15, -0.1) is 0 Å². The smallest absolute Gasteiger partial charge is 0.282 e. The van der Waals surface area contributed by atoms with Crippen molar-refractivity contribution in [1.29, 1.82) is 0 Å². The molecule has 0 saturated carbocycles. The number of rotatable bonds is 6. The summed E-state index contributed by atoms with van der Waals surface area (Å²) in [6.07, 6.45) is 0.587. The van der Waals surface area contributed by atoms with E-state index in [4.69, 9.17) is 4.74 Å². The lowest BCUT2D eigenvalue weighted by Crippen LogP contribution is -2.21. The molecule has 0 aromatic heterocycles. The molecule has 0 heterocycles. The SMILES string of the molecule is CC/C(=N\NC(=O)c1ccccc1[N+](=O)[O-])c1ccc(OC)cc1. The minimum atomic E-state index is -0.623. The van der Waals surface area contributed by atoms with Gasteiger partial charge in [0.15, 0.2) is 0 Å². The van der Waals surface area contributed by atoms with E-state index in [2.05, 4.69) is 10.5 Å². The van der Waals surface area contributed by atoms with E-state index in [9.17, 15) is 14.9 Å². The third-order valence-electron chi connectivity index (χ3n) is 3.40. The van der Waals surface area contributed by atoms with E-state index in [1.54, 1.807) is 25.3 Å². The lowest BCUT2D eigenvalue weighted by atomic mass is 10.1. The zero-order valence-corrected chi connectivity index (χ0v) is 13.4. The number of nitro groups is 1. The number of hydrogen-bond donors (Lipinski definition) is 1. The van der Waals surface area contributed by atoms with Gasteiger partial charge >= 0.3 is 0 Å². The molecule has 0 radical (unpaired) electrons. The molecule has 7 nitrogen and oxygen atoms in total. The number of methoxy groups -OCH3 is 1. The summed E-state index contributed by atoms with van der Waals surface area (Å²) in [5.74, 6) is 0.0971. The van der Waals surface area contributed by atoms with Crippen LogP contribution in [0.1, 0.15) is 29.3 Å². The second-order valence-corrected chi connectivity index (χ2v) is 4.86. The van der Waals surface area contributed by atoms with Gasteiger partial charge in [0.05, 0.1) is 17.7 Å². The third kappa shape index (κ3) is 3.95. The summed E-state index contributed by atoms with van der Waals surface area (Å²) in [6.45, 7) is 1.90. The standard InChI is InChI=1S/C17H17N3O4/c1-3-15(12-8-10-13(24-2)11-9-12)18-19-17(21)14-6-4-5-7-16(14)20(22)23/h4-11H,3H2,1-2H3,(H,19,21)/b18-15+. The zero-order chi connectivity index (χ0) is 17.5. The van der Waals surface area contributed by atoms with E-state index in [0.29, 0.717) is 12.1 Å². The largest absolute Gasteiger partial charge is 0.497 e. The first-order valence-corrected chi connectivity index (χ1v) is 7.31. The summed E-state index contributed by atoms with van der Waals surface area (Å²) in [6, 6.07) is 13.0. The normalized spacial score (nSPS) is 11.0. The number of ether oxygens (including phenoxy) is 1. The maximum atomic E-state index is 12.2. The van der Waals surface area contributed by atoms with Crippen LogP contribution in [0.4, 0.5) is 5.69 Å². The molecule has 2 aromatic rings. The molecule has 2 aromatic carbocycles. The molecule has 1 N–H and O–H groups in total. The van der Waals surface area contributed by atoms with E-state index in [0.717, 1.165) is 11.3 Å². The summed E-state index contributed by atoms with van der Waals surface area (Å²) in [4.78, 5) is 22.6. The quantitative estimate of drug-likeness (QED) is 0.501. The fourth-order valence-electron chi connectivity index (χ4n) is 2.13. The van der Waals surface area contributed by atoms with Gasteiger partial charge in [0.1, 0.15) is 11.3 Å². The minimum absolute atomic E-state index is 0.0311. The maximum Gasteiger partial charge on any atom is 0.282 e. The van der Waals surface area contributed by atoms with E-state index in [1.165, 1.54) is 18.2 Å². The van der Waals surface area contributed by atoms with Crippen LogP contribution < -0.4 is 10.2 Å². The van der Waals surface area contributed by atoms with Gasteiger partial charge < -0.3 is 4.74 Å². The van der Waals surface area contributed by atoms with Crippen molar-refractivity contribution in [1.82, 2.24) is 5.43 Å². The molecular formula is C17H17N3O4. The number of amides is 1. The van der Waals surface area contributed by atoms with Crippen LogP contribution in [-0.2, 0) is 0 Å². The second-order valence-electron chi connectivity index (χ2n) is 4.86. The summed E-state index contributed by atoms with van der Waals surface area (Å²) in [5, 5.41) is 15.1. The van der Waals surface area contributed by atoms with E-state index in [1.807, 2.05) is 19.1 Å². The predicted molar refractivity (Wildman–Crippen MR) is 90.4 cm³/mol. The van der Waals surface area contributed by atoms with Crippen LogP contribution in [0.2, 0.25) is 0 Å². The summed E-state index contributed by atoms with van der Waals surface area (Å²) < 4.78 is 5.10. The number of hydrogen-bond acceptors (Lipinski definition) is 5. The highest BCUT2D eigenvalue weighted by molar-refractivity contribution is 6.03. The molecule has 0 spiro atoms. The summed E-state index contributed by atoms with van der Waals surface area (Å²) >= 11 is 0. The Kier molecular flexibility index (Phi) is 5.62. The molecule has 0 atom stereocenters. The van der Waals surface area contributed by atoms with Crippen LogP contribution in [0.15, 0.2) is 53.6 Å². The van der Waals surface area contributed by atoms with Crippen molar-refractivity contribution in [3.05, 3.63) is 69.8 Å². The Bertz CT molecular complexity index is 770. The Hall–Kier alpha value is -3.22. The topological polar surface area (TPSA) is 93.8 Å². The van der Waals surface area contributed by atoms with Crippen molar-refractivity contribution in [3.8, 4) is 5.75 Å². The fraction of sp³-hybridized carbons (Fsp3) is 0.176. The Balaban J connectivity index is 2.21. The van der Waals surface area contributed by atoms with Crippen LogP contribution in [0.25, 0.3) is 0 Å². The first kappa shape index (κ1) is 17.1. The molecule has 0 aliphatic rings. The van der Waals surface area contributed by atoms with Gasteiger partial charge in [-0.05, 0) is 42.3 Å². The van der Waals surface area contributed by atoms with Crippen molar-refractivity contribution in [2.45, 2.75) is 13.3 Å². The van der Waals surface area contributed by atoms with Crippen molar-refractivity contribution >= 4 is 17.3 Å². The molecule has 1 amide bonds. The monoisotopic (exact) mass is 327 g/mol. The van der Waals surface area contributed by atoms with Crippen molar-refractivity contribution in [2.75, 3.05) is 7.11 Å². The van der Waals surface area contributed by atoms with Gasteiger partial charge in [-0.25, -0.2) is 5.43 Å². The van der Waals surface area contributed by atoms with Crippen molar-refractivity contribution in [2.24, 2.45) is 5.10 Å². The average Bonchev–Trinajstić information content (AvgIpc) is 2.62. The molecule has 7 heteroatoms. The van der Waals surface area contributed by atoms with Gasteiger partial charge in [0.2, 0.25) is 0 Å². The third-order valence-corrected chi connectivity index (χ3v) is 3.40. The van der Waals surface area contributed by atoms with Gasteiger partial charge in [0, 0.05) is 6.07 Å². The second kappa shape index (κ2) is 7.87. The maximum absolute atomic E-state index is 12.2. The number of carbonyl (C=O) groups excluding carboxylic acids is 1. The predicted octanol–water partition coefficient (Wildman–Crippen LogP) is 3.15. The molecule has 2 rings (SSSR count). The Morgan fingerprint density at radius 2 is 1.88 bits per heavy atom. The highest BCUT2D eigenvalue weighted by atomic mass is 16.6. The van der Waals surface area contributed by atoms with Crippen LogP contribution in [-0.4, -0.2) is 23.7 Å². The van der Waals surface area contributed by atoms with Gasteiger partial charge in [-0.1, -0.05) is 19.1 Å². The van der Waals surface area contributed by atoms with Crippen LogP contribution in [0.5, 0.6) is 5.75 Å². The molecule has 24 heavy (non-hydrogen) atoms. The van der Waals surface area contributed by atoms with E-state index in [-0.39, 0.29) is 11.3 Å². The lowest BCUT2D eigenvalue weighted by molar-refractivity contribution is -0.385. The van der Waals surface area contributed by atoms with Crippen molar-refractivity contribution in [3.63, 3.8) is 0 Å². The van der Waals surface area contributed by atoms with E-state index < -0.39 is 10.8 Å². The highest BCUT2D eigenvalue weighted by Gasteiger charge is 2.18. The summed E-state index contributed by atoms with van der Waals surface area (Å²) in [5.41, 5.74) is 3.59. The molecule has 0 saturated heterocycles. The first-order valence-electron chi connectivity index (χ1n) is 7.31. The number of carbonyl (C=O) groups is 1. The Morgan fingerprint density at radius 3 is 2.46 bits per heavy atom. The number of nitrogens with one attached hydrogen (secondary N) is 1. The molecule has 0 fully saturated rings. The minimum Gasteiger partial charge on any atom is -0.497 e. The van der Waals surface area contributed by atoms with E-state index >= 15 is 0 Å². The molecule has 0 unspecified atom stereocenters.